The Labute approximate surface area is 221 Å². The molecule has 2 aromatic rings. The number of rotatable bonds is 9. The topological polar surface area (TPSA) is 178 Å². The molecule has 1 aliphatic rings. The van der Waals surface area contributed by atoms with E-state index in [0.29, 0.717) is 0 Å². The molecule has 38 heavy (non-hydrogen) atoms. The summed E-state index contributed by atoms with van der Waals surface area (Å²) in [4.78, 5) is 61.9. The van der Waals surface area contributed by atoms with Crippen LogP contribution >= 0.6 is 11.8 Å². The fourth-order valence-electron chi connectivity index (χ4n) is 4.10. The summed E-state index contributed by atoms with van der Waals surface area (Å²) in [6.07, 6.45) is 0.725. The Hall–Kier alpha value is -3.79. The summed E-state index contributed by atoms with van der Waals surface area (Å²) in [5.41, 5.74) is -2.01. The van der Waals surface area contributed by atoms with Crippen molar-refractivity contribution in [1.29, 1.82) is 0 Å². The van der Waals surface area contributed by atoms with Gasteiger partial charge in [-0.05, 0) is 13.2 Å². The van der Waals surface area contributed by atoms with Gasteiger partial charge in [-0.2, -0.15) is 0 Å². The average molecular weight is 553 g/mol. The first kappa shape index (κ1) is 28.8. The summed E-state index contributed by atoms with van der Waals surface area (Å²) in [6.45, 7) is 4.63. The number of carbonyl (C=O) groups is 3. The largest absolute Gasteiger partial charge is 0.463 e. The van der Waals surface area contributed by atoms with E-state index in [1.807, 2.05) is 0 Å². The zero-order valence-corrected chi connectivity index (χ0v) is 22.7. The zero-order chi connectivity index (χ0) is 28.4. The number of fused-ring (bicyclic) bond motifs is 1. The van der Waals surface area contributed by atoms with Gasteiger partial charge >= 0.3 is 17.9 Å². The van der Waals surface area contributed by atoms with Crippen molar-refractivity contribution in [3.8, 4) is 0 Å². The van der Waals surface area contributed by atoms with Gasteiger partial charge in [0.1, 0.15) is 18.1 Å². The quantitative estimate of drug-likeness (QED) is 0.0645. The Balaban J connectivity index is 2.31. The van der Waals surface area contributed by atoms with Crippen LogP contribution in [0.15, 0.2) is 16.3 Å². The number of hydrogen-bond donors (Lipinski definition) is 0. The Morgan fingerprint density at radius 3 is 2.47 bits per heavy atom. The lowest BCUT2D eigenvalue weighted by molar-refractivity contribution is -0.383. The van der Waals surface area contributed by atoms with Crippen molar-refractivity contribution in [1.82, 2.24) is 19.4 Å². The van der Waals surface area contributed by atoms with Crippen LogP contribution in [0, 0.1) is 10.1 Å². The number of aromatic nitrogens is 3. The summed E-state index contributed by atoms with van der Waals surface area (Å²) in [6, 6.07) is 0. The maximum atomic E-state index is 12.2. The van der Waals surface area contributed by atoms with E-state index >= 15 is 0 Å². The van der Waals surface area contributed by atoms with Crippen LogP contribution in [0.1, 0.15) is 33.9 Å². The Bertz CT molecular complexity index is 1300. The molecule has 15 nitrogen and oxygen atoms in total. The van der Waals surface area contributed by atoms with Gasteiger partial charge in [-0.25, -0.2) is 15.0 Å². The standard InChI is InChI=1S/C22H28N6O9S/c1-11(29)34-9-15-17(35-12(2)30)22(4,37-13(3)31)20(36-15)27-8-14(28(32)33)16-18(23-10-26(5)6)24-21(38-7)25-19(16)27/h8,10,15,17,20H,9H2,1-7H3/b23-10+/t15-,17-,20?,22?/m1/s1. The lowest BCUT2D eigenvalue weighted by Gasteiger charge is -2.34. The molecule has 1 saturated heterocycles. The van der Waals surface area contributed by atoms with Crippen LogP contribution in [0.25, 0.3) is 11.0 Å². The molecule has 0 spiro atoms. The monoisotopic (exact) mass is 552 g/mol. The minimum Gasteiger partial charge on any atom is -0.463 e. The third kappa shape index (κ3) is 5.85. The average Bonchev–Trinajstić information content (AvgIpc) is 3.31. The normalized spacial score (nSPS) is 23.0. The number of hydrogen-bond acceptors (Lipinski definition) is 13. The van der Waals surface area contributed by atoms with E-state index in [-0.39, 0.29) is 34.3 Å². The van der Waals surface area contributed by atoms with E-state index < -0.39 is 46.9 Å². The van der Waals surface area contributed by atoms with Crippen molar-refractivity contribution < 1.29 is 38.3 Å². The molecule has 206 valence electrons. The molecular formula is C22H28N6O9S. The molecule has 3 rings (SSSR count). The summed E-state index contributed by atoms with van der Waals surface area (Å²) in [7, 11) is 3.46. The molecular weight excluding hydrogens is 524 g/mol. The maximum Gasteiger partial charge on any atom is 0.303 e. The van der Waals surface area contributed by atoms with E-state index in [9.17, 15) is 24.5 Å². The highest BCUT2D eigenvalue weighted by Gasteiger charge is 2.60. The Morgan fingerprint density at radius 2 is 1.95 bits per heavy atom. The molecule has 1 aliphatic heterocycles. The molecule has 0 saturated carbocycles. The number of nitrogens with zero attached hydrogens (tertiary/aromatic N) is 6. The Kier molecular flexibility index (Phi) is 8.56. The van der Waals surface area contributed by atoms with Crippen molar-refractivity contribution in [2.75, 3.05) is 27.0 Å². The van der Waals surface area contributed by atoms with Crippen molar-refractivity contribution >= 4 is 58.5 Å². The second kappa shape index (κ2) is 11.3. The summed E-state index contributed by atoms with van der Waals surface area (Å²) in [5.74, 6) is -2.01. The maximum absolute atomic E-state index is 12.2. The van der Waals surface area contributed by atoms with Crippen LogP contribution < -0.4 is 0 Å². The molecule has 2 aromatic heterocycles. The van der Waals surface area contributed by atoms with Crippen LogP contribution in [0.5, 0.6) is 0 Å². The number of esters is 3. The second-order valence-corrected chi connectivity index (χ2v) is 9.53. The third-order valence-electron chi connectivity index (χ3n) is 5.46. The molecule has 0 aliphatic carbocycles. The van der Waals surface area contributed by atoms with Crippen LogP contribution in [0.4, 0.5) is 11.5 Å². The fraction of sp³-hybridized carbons (Fsp3) is 0.545. The van der Waals surface area contributed by atoms with Gasteiger partial charge in [0.05, 0.1) is 17.5 Å². The smallest absolute Gasteiger partial charge is 0.303 e. The highest BCUT2D eigenvalue weighted by atomic mass is 32.2. The second-order valence-electron chi connectivity index (χ2n) is 8.76. The molecule has 2 unspecified atom stereocenters. The van der Waals surface area contributed by atoms with Crippen LogP contribution in [0.2, 0.25) is 0 Å². The van der Waals surface area contributed by atoms with Gasteiger partial charge in [0, 0.05) is 34.9 Å². The zero-order valence-electron chi connectivity index (χ0n) is 21.9. The van der Waals surface area contributed by atoms with Crippen molar-refractivity contribution in [3.05, 3.63) is 16.3 Å². The predicted octanol–water partition coefficient (Wildman–Crippen LogP) is 2.00. The number of carbonyl (C=O) groups excluding carboxylic acids is 3. The third-order valence-corrected chi connectivity index (χ3v) is 6.01. The van der Waals surface area contributed by atoms with Crippen LogP contribution in [-0.4, -0.2) is 93.4 Å². The number of nitro groups is 1. The van der Waals surface area contributed by atoms with Gasteiger partial charge in [-0.3, -0.25) is 29.1 Å². The SMILES string of the molecule is CSc1nc(/N=C/N(C)C)c2c([N+](=O)[O-])cn(C3O[C@H](COC(C)=O)[C@@H](OC(C)=O)C3(C)OC(C)=O)c2n1. The highest BCUT2D eigenvalue weighted by molar-refractivity contribution is 7.98. The van der Waals surface area contributed by atoms with Crippen molar-refractivity contribution in [2.45, 2.75) is 56.9 Å². The number of thioether (sulfide) groups is 1. The van der Waals surface area contributed by atoms with Crippen molar-refractivity contribution in [3.63, 3.8) is 0 Å². The number of aliphatic imine (C=N–C) groups is 1. The van der Waals surface area contributed by atoms with E-state index in [2.05, 4.69) is 15.0 Å². The van der Waals surface area contributed by atoms with Crippen LogP contribution in [0.3, 0.4) is 0 Å². The molecule has 0 N–H and O–H groups in total. The van der Waals surface area contributed by atoms with Gasteiger partial charge in [0.25, 0.3) is 5.69 Å². The van der Waals surface area contributed by atoms with E-state index in [1.54, 1.807) is 25.3 Å². The summed E-state index contributed by atoms with van der Waals surface area (Å²) < 4.78 is 23.7. The first-order valence-electron chi connectivity index (χ1n) is 11.3. The van der Waals surface area contributed by atoms with E-state index in [1.165, 1.54) is 42.7 Å². The molecule has 16 heteroatoms. The Morgan fingerprint density at radius 1 is 1.26 bits per heavy atom. The van der Waals surface area contributed by atoms with Crippen LogP contribution in [-0.2, 0) is 33.3 Å². The minimum absolute atomic E-state index is 0.0205. The predicted molar refractivity (Wildman–Crippen MR) is 134 cm³/mol. The van der Waals surface area contributed by atoms with Gasteiger partial charge < -0.3 is 23.8 Å². The van der Waals surface area contributed by atoms with Gasteiger partial charge in [-0.15, -0.1) is 0 Å². The first-order valence-corrected chi connectivity index (χ1v) is 12.5. The summed E-state index contributed by atoms with van der Waals surface area (Å²) in [5, 5.41) is 12.4. The molecule has 1 fully saturated rings. The minimum atomic E-state index is -1.71. The molecule has 0 bridgehead atoms. The van der Waals surface area contributed by atoms with E-state index in [0.717, 1.165) is 13.8 Å². The molecule has 4 atom stereocenters. The molecule has 0 radical (unpaired) electrons. The first-order chi connectivity index (χ1) is 17.8. The highest BCUT2D eigenvalue weighted by Crippen LogP contribution is 2.46. The van der Waals surface area contributed by atoms with Gasteiger partial charge in [0.2, 0.25) is 0 Å². The number of ether oxygens (including phenoxy) is 4. The van der Waals surface area contributed by atoms with E-state index in [4.69, 9.17) is 18.9 Å². The lowest BCUT2D eigenvalue weighted by atomic mass is 9.95. The van der Waals surface area contributed by atoms with Gasteiger partial charge in [0.15, 0.2) is 34.6 Å². The molecule has 3 heterocycles. The summed E-state index contributed by atoms with van der Waals surface area (Å²) >= 11 is 1.19. The fourth-order valence-corrected chi connectivity index (χ4v) is 4.46. The molecule has 0 amide bonds. The van der Waals surface area contributed by atoms with Gasteiger partial charge in [-0.1, -0.05) is 11.8 Å². The lowest BCUT2D eigenvalue weighted by Crippen LogP contribution is -2.50. The van der Waals surface area contributed by atoms with Crippen molar-refractivity contribution in [2.24, 2.45) is 4.99 Å². The molecule has 0 aromatic carbocycles.